The number of rotatable bonds is 5. The largest absolute Gasteiger partial charge is 0.484 e. The third kappa shape index (κ3) is 4.30. The molecule has 2 unspecified atom stereocenters. The lowest BCUT2D eigenvalue weighted by Gasteiger charge is -2.41. The lowest BCUT2D eigenvalue weighted by Crippen LogP contribution is -2.54. The normalized spacial score (nSPS) is 18.2. The summed E-state index contributed by atoms with van der Waals surface area (Å²) in [5.74, 6) is -0.684. The molecule has 0 saturated heterocycles. The van der Waals surface area contributed by atoms with Gasteiger partial charge in [-0.2, -0.15) is 0 Å². The number of fused-ring (bicyclic) bond motifs is 1. The Balaban J connectivity index is 2.10. The average Bonchev–Trinajstić information content (AvgIpc) is 2.66. The smallest absolute Gasteiger partial charge is 0.409 e. The number of nitrogens with one attached hydrogen (secondary N) is 2. The van der Waals surface area contributed by atoms with Crippen LogP contribution in [0, 0.1) is 5.82 Å². The van der Waals surface area contributed by atoms with Crippen LogP contribution in [-0.2, 0) is 14.8 Å². The number of hydrogen-bond acceptors (Lipinski definition) is 5. The van der Waals surface area contributed by atoms with Gasteiger partial charge in [-0.05, 0) is 49.4 Å². The Morgan fingerprint density at radius 3 is 2.47 bits per heavy atom. The molecular formula is C19H20FN3O6S. The molecule has 160 valence electrons. The summed E-state index contributed by atoms with van der Waals surface area (Å²) < 4.78 is 47.1. The summed E-state index contributed by atoms with van der Waals surface area (Å²) in [5.41, 5.74) is 0.272. The first-order valence-electron chi connectivity index (χ1n) is 8.94. The quantitative estimate of drug-likeness (QED) is 0.660. The van der Waals surface area contributed by atoms with E-state index in [0.29, 0.717) is 0 Å². The summed E-state index contributed by atoms with van der Waals surface area (Å²) in [6, 6.07) is 7.83. The highest BCUT2D eigenvalue weighted by Gasteiger charge is 2.40. The molecule has 0 aromatic heterocycles. The summed E-state index contributed by atoms with van der Waals surface area (Å²) >= 11 is 0. The van der Waals surface area contributed by atoms with Crippen molar-refractivity contribution in [2.24, 2.45) is 0 Å². The zero-order valence-electron chi connectivity index (χ0n) is 16.1. The molecule has 30 heavy (non-hydrogen) atoms. The Morgan fingerprint density at radius 1 is 1.20 bits per heavy atom. The molecule has 2 aromatic rings. The van der Waals surface area contributed by atoms with Gasteiger partial charge in [0.15, 0.2) is 0 Å². The van der Waals surface area contributed by atoms with Gasteiger partial charge in [0.25, 0.3) is 10.0 Å². The van der Waals surface area contributed by atoms with Crippen LogP contribution in [0.3, 0.4) is 0 Å². The second kappa shape index (κ2) is 8.19. The van der Waals surface area contributed by atoms with Crippen molar-refractivity contribution >= 4 is 33.4 Å². The lowest BCUT2D eigenvalue weighted by molar-refractivity contribution is -0.119. The van der Waals surface area contributed by atoms with E-state index in [4.69, 9.17) is 9.84 Å². The standard InChI is InChI=1S/C19H20FN3O6S/c1-11-18(10-21-12(2)24)29-17-8-5-14(22-19(25)26)9-16(17)23(11)30(27,28)15-6-3-13(20)4-7-15/h3-9,11,18,22H,10H2,1-2H3,(H,21,24)(H,25,26). The first-order chi connectivity index (χ1) is 14.1. The maximum absolute atomic E-state index is 13.4. The number of carboxylic acid groups (broad SMARTS) is 1. The van der Waals surface area contributed by atoms with Crippen molar-refractivity contribution in [2.75, 3.05) is 16.2 Å². The fraction of sp³-hybridized carbons (Fsp3) is 0.263. The van der Waals surface area contributed by atoms with E-state index in [9.17, 15) is 22.4 Å². The van der Waals surface area contributed by atoms with Crippen LogP contribution in [0.5, 0.6) is 5.75 Å². The van der Waals surface area contributed by atoms with Crippen molar-refractivity contribution in [1.29, 1.82) is 0 Å². The zero-order chi connectivity index (χ0) is 22.1. The molecule has 0 fully saturated rings. The maximum Gasteiger partial charge on any atom is 0.409 e. The maximum atomic E-state index is 13.4. The average molecular weight is 437 g/mol. The molecule has 3 N–H and O–H groups in total. The van der Waals surface area contributed by atoms with Crippen molar-refractivity contribution in [3.05, 3.63) is 48.3 Å². The van der Waals surface area contributed by atoms with Gasteiger partial charge in [-0.3, -0.25) is 14.4 Å². The molecule has 0 radical (unpaired) electrons. The molecule has 0 spiro atoms. The minimum Gasteiger partial charge on any atom is -0.484 e. The Bertz CT molecular complexity index is 1070. The molecule has 1 aliphatic rings. The Morgan fingerprint density at radius 2 is 1.87 bits per heavy atom. The van der Waals surface area contributed by atoms with E-state index in [1.54, 1.807) is 6.92 Å². The number of carbonyl (C=O) groups is 2. The van der Waals surface area contributed by atoms with Gasteiger partial charge in [-0.15, -0.1) is 0 Å². The number of halogens is 1. The minimum absolute atomic E-state index is 0.0561. The summed E-state index contributed by atoms with van der Waals surface area (Å²) in [6.07, 6.45) is -2.02. The molecule has 2 amide bonds. The van der Waals surface area contributed by atoms with Gasteiger partial charge in [0.05, 0.1) is 23.2 Å². The van der Waals surface area contributed by atoms with Gasteiger partial charge < -0.3 is 15.2 Å². The monoisotopic (exact) mass is 437 g/mol. The zero-order valence-corrected chi connectivity index (χ0v) is 16.9. The van der Waals surface area contributed by atoms with Gasteiger partial charge in [-0.1, -0.05) is 0 Å². The number of benzene rings is 2. The van der Waals surface area contributed by atoms with E-state index in [-0.39, 0.29) is 34.5 Å². The summed E-state index contributed by atoms with van der Waals surface area (Å²) in [5, 5.41) is 13.7. The highest BCUT2D eigenvalue weighted by Crippen LogP contribution is 2.41. The Hall–Kier alpha value is -3.34. The highest BCUT2D eigenvalue weighted by atomic mass is 32.2. The molecule has 2 aromatic carbocycles. The van der Waals surface area contributed by atoms with Crippen LogP contribution in [-0.4, -0.2) is 44.2 Å². The van der Waals surface area contributed by atoms with Gasteiger partial charge in [-0.25, -0.2) is 17.6 Å². The van der Waals surface area contributed by atoms with E-state index < -0.39 is 34.1 Å². The van der Waals surface area contributed by atoms with E-state index in [1.165, 1.54) is 25.1 Å². The van der Waals surface area contributed by atoms with Crippen LogP contribution in [0.15, 0.2) is 47.4 Å². The molecule has 0 saturated carbocycles. The summed E-state index contributed by atoms with van der Waals surface area (Å²) in [6.45, 7) is 2.99. The van der Waals surface area contributed by atoms with Gasteiger partial charge in [0.1, 0.15) is 17.7 Å². The molecule has 2 atom stereocenters. The number of nitrogens with zero attached hydrogens (tertiary/aromatic N) is 1. The van der Waals surface area contributed by atoms with E-state index >= 15 is 0 Å². The van der Waals surface area contributed by atoms with E-state index in [2.05, 4.69) is 10.6 Å². The molecule has 1 heterocycles. The van der Waals surface area contributed by atoms with Crippen molar-refractivity contribution in [2.45, 2.75) is 30.9 Å². The fourth-order valence-electron chi connectivity index (χ4n) is 3.15. The molecule has 0 bridgehead atoms. The number of amides is 2. The SMILES string of the molecule is CC(=O)NCC1Oc2ccc(NC(=O)O)cc2N(S(=O)(=O)c2ccc(F)cc2)C1C. The lowest BCUT2D eigenvalue weighted by atomic mass is 10.1. The molecule has 11 heteroatoms. The van der Waals surface area contributed by atoms with E-state index in [1.807, 2.05) is 0 Å². The van der Waals surface area contributed by atoms with Crippen LogP contribution in [0.1, 0.15) is 13.8 Å². The predicted molar refractivity (Wildman–Crippen MR) is 107 cm³/mol. The van der Waals surface area contributed by atoms with Gasteiger partial charge in [0, 0.05) is 12.6 Å². The minimum atomic E-state index is -4.16. The second-order valence-corrected chi connectivity index (χ2v) is 8.52. The van der Waals surface area contributed by atoms with Crippen molar-refractivity contribution in [1.82, 2.24) is 5.32 Å². The highest BCUT2D eigenvalue weighted by molar-refractivity contribution is 7.92. The van der Waals surface area contributed by atoms with Crippen molar-refractivity contribution < 1.29 is 32.2 Å². The number of hydrogen-bond donors (Lipinski definition) is 3. The topological polar surface area (TPSA) is 125 Å². The second-order valence-electron chi connectivity index (χ2n) is 6.70. The molecular weight excluding hydrogens is 417 g/mol. The number of sulfonamides is 1. The predicted octanol–water partition coefficient (Wildman–Crippen LogP) is 2.40. The van der Waals surface area contributed by atoms with E-state index in [0.717, 1.165) is 28.6 Å². The third-order valence-electron chi connectivity index (χ3n) is 4.56. The van der Waals surface area contributed by atoms with Crippen LogP contribution in [0.2, 0.25) is 0 Å². The molecule has 9 nitrogen and oxygen atoms in total. The Kier molecular flexibility index (Phi) is 5.83. The fourth-order valence-corrected chi connectivity index (χ4v) is 4.83. The molecule has 0 aliphatic carbocycles. The third-order valence-corrected chi connectivity index (χ3v) is 6.47. The van der Waals surface area contributed by atoms with Crippen LogP contribution in [0.4, 0.5) is 20.6 Å². The Labute approximate surface area is 172 Å². The van der Waals surface area contributed by atoms with Crippen LogP contribution in [0.25, 0.3) is 0 Å². The summed E-state index contributed by atoms with van der Waals surface area (Å²) in [4.78, 5) is 22.2. The van der Waals surface area contributed by atoms with Gasteiger partial charge in [0.2, 0.25) is 5.91 Å². The van der Waals surface area contributed by atoms with Crippen LogP contribution >= 0.6 is 0 Å². The summed E-state index contributed by atoms with van der Waals surface area (Å²) in [7, 11) is -4.16. The molecule has 3 rings (SSSR count). The first-order valence-corrected chi connectivity index (χ1v) is 10.4. The number of carbonyl (C=O) groups excluding carboxylic acids is 1. The van der Waals surface area contributed by atoms with Crippen molar-refractivity contribution in [3.8, 4) is 5.75 Å². The first kappa shape index (κ1) is 21.4. The van der Waals surface area contributed by atoms with Crippen molar-refractivity contribution in [3.63, 3.8) is 0 Å². The number of anilines is 2. The van der Waals surface area contributed by atoms with Crippen LogP contribution < -0.4 is 19.7 Å². The van der Waals surface area contributed by atoms with Gasteiger partial charge >= 0.3 is 6.09 Å². The number of ether oxygens (including phenoxy) is 1. The molecule has 1 aliphatic heterocycles.